The lowest BCUT2D eigenvalue weighted by molar-refractivity contribution is 0.784. The van der Waals surface area contributed by atoms with Crippen LogP contribution in [0.2, 0.25) is 10.0 Å². The van der Waals surface area contributed by atoms with Crippen LogP contribution in [-0.4, -0.2) is 9.55 Å². The molecule has 0 aliphatic rings. The van der Waals surface area contributed by atoms with Gasteiger partial charge in [0.05, 0.1) is 6.04 Å². The number of imidazole rings is 1. The summed E-state index contributed by atoms with van der Waals surface area (Å²) < 4.78 is 1.98. The van der Waals surface area contributed by atoms with Crippen LogP contribution in [-0.2, 0) is 6.54 Å². The van der Waals surface area contributed by atoms with E-state index in [1.54, 1.807) is 12.3 Å². The molecule has 1 aromatic carbocycles. The number of allylic oxidation sites excluding steroid dienone is 1. The highest BCUT2D eigenvalue weighted by molar-refractivity contribution is 6.35. The highest BCUT2D eigenvalue weighted by Gasteiger charge is 2.12. The average molecular weight is 296 g/mol. The van der Waals surface area contributed by atoms with Crippen LogP contribution in [0.3, 0.4) is 0 Å². The molecule has 1 N–H and O–H groups in total. The second kappa shape index (κ2) is 6.13. The number of anilines is 1. The van der Waals surface area contributed by atoms with Gasteiger partial charge in [0.15, 0.2) is 0 Å². The fraction of sp³-hybridized carbons (Fsp3) is 0.214. The van der Waals surface area contributed by atoms with Crippen LogP contribution in [0.5, 0.6) is 0 Å². The first kappa shape index (κ1) is 14.0. The molecule has 0 amide bonds. The largest absolute Gasteiger partial charge is 0.349 e. The van der Waals surface area contributed by atoms with Crippen molar-refractivity contribution < 1.29 is 0 Å². The van der Waals surface area contributed by atoms with E-state index in [9.17, 15) is 0 Å². The molecule has 2 rings (SSSR count). The third-order valence-corrected chi connectivity index (χ3v) is 3.38. The molecule has 1 heterocycles. The molecule has 0 aliphatic carbocycles. The van der Waals surface area contributed by atoms with Gasteiger partial charge in [0.1, 0.15) is 0 Å². The fourth-order valence-electron chi connectivity index (χ4n) is 1.86. The Kier molecular flexibility index (Phi) is 4.51. The first-order valence-corrected chi connectivity index (χ1v) is 6.71. The van der Waals surface area contributed by atoms with E-state index >= 15 is 0 Å². The van der Waals surface area contributed by atoms with Gasteiger partial charge in [-0.1, -0.05) is 35.3 Å². The molecule has 0 aliphatic heterocycles. The van der Waals surface area contributed by atoms with Crippen LogP contribution < -0.4 is 5.32 Å². The Bertz CT molecular complexity index is 578. The van der Waals surface area contributed by atoms with Gasteiger partial charge >= 0.3 is 0 Å². The smallest absolute Gasteiger partial charge is 0.203 e. The van der Waals surface area contributed by atoms with Crippen molar-refractivity contribution in [3.63, 3.8) is 0 Å². The minimum absolute atomic E-state index is 0.0377. The zero-order valence-electron chi connectivity index (χ0n) is 10.6. The van der Waals surface area contributed by atoms with Crippen molar-refractivity contribution in [3.8, 4) is 0 Å². The molecule has 0 spiro atoms. The Morgan fingerprint density at radius 2 is 2.26 bits per heavy atom. The molecule has 5 heteroatoms. The maximum absolute atomic E-state index is 6.20. The van der Waals surface area contributed by atoms with E-state index < -0.39 is 0 Å². The van der Waals surface area contributed by atoms with Crippen molar-refractivity contribution in [3.05, 3.63) is 58.9 Å². The van der Waals surface area contributed by atoms with E-state index in [1.807, 2.05) is 35.9 Å². The van der Waals surface area contributed by atoms with Gasteiger partial charge in [-0.15, -0.1) is 6.58 Å². The van der Waals surface area contributed by atoms with E-state index in [1.165, 1.54) is 0 Å². The number of nitrogens with zero attached hydrogens (tertiary/aromatic N) is 2. The third kappa shape index (κ3) is 3.31. The van der Waals surface area contributed by atoms with Crippen LogP contribution in [0.4, 0.5) is 5.95 Å². The molecule has 3 nitrogen and oxygen atoms in total. The molecule has 0 saturated heterocycles. The summed E-state index contributed by atoms with van der Waals surface area (Å²) in [7, 11) is 0. The number of benzene rings is 1. The summed E-state index contributed by atoms with van der Waals surface area (Å²) in [6.45, 7) is 6.47. The first-order valence-electron chi connectivity index (χ1n) is 5.95. The fourth-order valence-corrected chi connectivity index (χ4v) is 2.43. The van der Waals surface area contributed by atoms with Gasteiger partial charge in [0, 0.05) is 29.0 Å². The topological polar surface area (TPSA) is 29.9 Å². The number of halogens is 2. The van der Waals surface area contributed by atoms with Gasteiger partial charge in [-0.3, -0.25) is 0 Å². The second-order valence-electron chi connectivity index (χ2n) is 4.22. The van der Waals surface area contributed by atoms with E-state index in [0.717, 1.165) is 11.5 Å². The molecule has 1 aromatic heterocycles. The Labute approximate surface area is 122 Å². The minimum atomic E-state index is 0.0377. The van der Waals surface area contributed by atoms with E-state index in [4.69, 9.17) is 23.2 Å². The SMILES string of the molecule is C=CCn1ccnc1NC(C)c1ccc(Cl)cc1Cl. The molecule has 0 bridgehead atoms. The van der Waals surface area contributed by atoms with Crippen LogP contribution in [0.1, 0.15) is 18.5 Å². The summed E-state index contributed by atoms with van der Waals surface area (Å²) in [5.74, 6) is 0.790. The molecule has 100 valence electrons. The highest BCUT2D eigenvalue weighted by Crippen LogP contribution is 2.28. The van der Waals surface area contributed by atoms with Crippen molar-refractivity contribution in [1.29, 1.82) is 0 Å². The predicted molar refractivity (Wildman–Crippen MR) is 80.9 cm³/mol. The van der Waals surface area contributed by atoms with E-state index in [2.05, 4.69) is 16.9 Å². The minimum Gasteiger partial charge on any atom is -0.349 e. The summed E-state index contributed by atoms with van der Waals surface area (Å²) >= 11 is 12.1. The summed E-state index contributed by atoms with van der Waals surface area (Å²) in [5, 5.41) is 4.61. The van der Waals surface area contributed by atoms with Crippen LogP contribution in [0, 0.1) is 0 Å². The molecular formula is C14H15Cl2N3. The molecule has 2 aromatic rings. The van der Waals surface area contributed by atoms with Gasteiger partial charge in [-0.05, 0) is 24.6 Å². The van der Waals surface area contributed by atoms with Crippen molar-refractivity contribution in [2.24, 2.45) is 0 Å². The molecule has 1 atom stereocenters. The van der Waals surface area contributed by atoms with Crippen molar-refractivity contribution in [2.75, 3.05) is 5.32 Å². The molecule has 0 saturated carbocycles. The zero-order valence-corrected chi connectivity index (χ0v) is 12.1. The lowest BCUT2D eigenvalue weighted by Gasteiger charge is -2.17. The van der Waals surface area contributed by atoms with Crippen molar-refractivity contribution in [2.45, 2.75) is 19.5 Å². The lowest BCUT2D eigenvalue weighted by Crippen LogP contribution is -2.11. The van der Waals surface area contributed by atoms with Gasteiger partial charge < -0.3 is 9.88 Å². The third-order valence-electron chi connectivity index (χ3n) is 2.82. The maximum atomic E-state index is 6.20. The average Bonchev–Trinajstić information content (AvgIpc) is 2.77. The lowest BCUT2D eigenvalue weighted by atomic mass is 10.1. The highest BCUT2D eigenvalue weighted by atomic mass is 35.5. The summed E-state index contributed by atoms with van der Waals surface area (Å²) in [6, 6.07) is 5.53. The molecule has 0 radical (unpaired) electrons. The van der Waals surface area contributed by atoms with Crippen molar-refractivity contribution in [1.82, 2.24) is 9.55 Å². The Hall–Kier alpha value is -1.45. The number of nitrogens with one attached hydrogen (secondary N) is 1. The zero-order chi connectivity index (χ0) is 13.8. The van der Waals surface area contributed by atoms with Crippen LogP contribution in [0.25, 0.3) is 0 Å². The number of rotatable bonds is 5. The first-order chi connectivity index (χ1) is 9.11. The summed E-state index contributed by atoms with van der Waals surface area (Å²) in [5.41, 5.74) is 0.985. The van der Waals surface area contributed by atoms with Gasteiger partial charge in [0.2, 0.25) is 5.95 Å². The summed E-state index contributed by atoms with van der Waals surface area (Å²) in [6.07, 6.45) is 5.48. The van der Waals surface area contributed by atoms with Crippen molar-refractivity contribution >= 4 is 29.2 Å². The second-order valence-corrected chi connectivity index (χ2v) is 5.07. The Balaban J connectivity index is 2.18. The molecule has 1 unspecified atom stereocenters. The van der Waals surface area contributed by atoms with Crippen LogP contribution >= 0.6 is 23.2 Å². The standard InChI is InChI=1S/C14H15Cl2N3/c1-3-7-19-8-6-17-14(19)18-10(2)12-5-4-11(15)9-13(12)16/h3-6,8-10H,1,7H2,2H3,(H,17,18). The van der Waals surface area contributed by atoms with Gasteiger partial charge in [0.25, 0.3) is 0 Å². The molecule has 19 heavy (non-hydrogen) atoms. The number of aromatic nitrogens is 2. The van der Waals surface area contributed by atoms with Gasteiger partial charge in [-0.2, -0.15) is 0 Å². The predicted octanol–water partition coefficient (Wildman–Crippen LogP) is 4.55. The monoisotopic (exact) mass is 295 g/mol. The van der Waals surface area contributed by atoms with Gasteiger partial charge in [-0.25, -0.2) is 4.98 Å². The number of hydrogen-bond acceptors (Lipinski definition) is 2. The van der Waals surface area contributed by atoms with Crippen LogP contribution in [0.15, 0.2) is 43.2 Å². The van der Waals surface area contributed by atoms with E-state index in [-0.39, 0.29) is 6.04 Å². The molecule has 0 fully saturated rings. The summed E-state index contributed by atoms with van der Waals surface area (Å²) in [4.78, 5) is 4.28. The Morgan fingerprint density at radius 3 is 2.95 bits per heavy atom. The maximum Gasteiger partial charge on any atom is 0.203 e. The number of hydrogen-bond donors (Lipinski definition) is 1. The van der Waals surface area contributed by atoms with E-state index in [0.29, 0.717) is 16.6 Å². The normalized spacial score (nSPS) is 12.2. The quantitative estimate of drug-likeness (QED) is 0.820. The molecular weight excluding hydrogens is 281 g/mol. The Morgan fingerprint density at radius 1 is 1.47 bits per heavy atom.